The van der Waals surface area contributed by atoms with Crippen molar-refractivity contribution in [3.05, 3.63) is 18.0 Å². The number of aromatic amines is 1. The van der Waals surface area contributed by atoms with Crippen LogP contribution in [0.3, 0.4) is 0 Å². The highest BCUT2D eigenvalue weighted by Gasteiger charge is 2.31. The highest BCUT2D eigenvalue weighted by molar-refractivity contribution is 6.04. The largest absolute Gasteiger partial charge is 0.379 e. The number of nitrogens with two attached hydrogens (primary N) is 1. The molecule has 2 aromatic rings. The van der Waals surface area contributed by atoms with Gasteiger partial charge in [-0.05, 0) is 30.7 Å². The van der Waals surface area contributed by atoms with E-state index >= 15 is 0 Å². The van der Waals surface area contributed by atoms with E-state index in [1.807, 2.05) is 6.07 Å². The fraction of sp³-hybridized carbons (Fsp3) is 0.533. The molecule has 6 nitrogen and oxygen atoms in total. The van der Waals surface area contributed by atoms with Crippen molar-refractivity contribution >= 4 is 22.6 Å². The van der Waals surface area contributed by atoms with Crippen LogP contribution in [-0.4, -0.2) is 27.1 Å². The van der Waals surface area contributed by atoms with E-state index in [2.05, 4.69) is 34.3 Å². The summed E-state index contributed by atoms with van der Waals surface area (Å²) in [5, 5.41) is 12.3. The lowest BCUT2D eigenvalue weighted by Crippen LogP contribution is -2.25. The van der Waals surface area contributed by atoms with Crippen molar-refractivity contribution in [2.75, 3.05) is 5.32 Å². The van der Waals surface area contributed by atoms with E-state index in [0.29, 0.717) is 23.3 Å². The summed E-state index contributed by atoms with van der Waals surface area (Å²) in [4.78, 5) is 14.6. The minimum atomic E-state index is -0.550. The van der Waals surface area contributed by atoms with Gasteiger partial charge in [-0.15, -0.1) is 10.2 Å². The Kier molecular flexibility index (Phi) is 3.53. The van der Waals surface area contributed by atoms with Crippen LogP contribution in [0.4, 0.5) is 5.69 Å². The van der Waals surface area contributed by atoms with Gasteiger partial charge in [-0.1, -0.05) is 20.3 Å². The molecule has 0 radical (unpaired) electrons. The Labute approximate surface area is 123 Å². The predicted octanol–water partition coefficient (Wildman–Crippen LogP) is 2.29. The number of H-pyrrole nitrogens is 1. The van der Waals surface area contributed by atoms with Gasteiger partial charge >= 0.3 is 0 Å². The lowest BCUT2D eigenvalue weighted by atomic mass is 10.0. The van der Waals surface area contributed by atoms with E-state index in [-0.39, 0.29) is 5.69 Å². The lowest BCUT2D eigenvalue weighted by molar-refractivity contribution is 0.0995. The number of fused-ring (bicyclic) bond motifs is 1. The fourth-order valence-corrected chi connectivity index (χ4v) is 3.34. The van der Waals surface area contributed by atoms with Gasteiger partial charge in [0, 0.05) is 17.6 Å². The van der Waals surface area contributed by atoms with Gasteiger partial charge in [0.25, 0.3) is 5.91 Å². The molecule has 0 spiro atoms. The molecule has 0 bridgehead atoms. The second kappa shape index (κ2) is 5.35. The van der Waals surface area contributed by atoms with Crippen LogP contribution in [0.5, 0.6) is 0 Å². The number of amides is 1. The van der Waals surface area contributed by atoms with Crippen molar-refractivity contribution in [1.82, 2.24) is 15.2 Å². The molecule has 0 saturated heterocycles. The first-order valence-corrected chi connectivity index (χ1v) is 7.50. The van der Waals surface area contributed by atoms with Gasteiger partial charge < -0.3 is 16.0 Å². The average molecular weight is 287 g/mol. The summed E-state index contributed by atoms with van der Waals surface area (Å²) in [7, 11) is 0. The summed E-state index contributed by atoms with van der Waals surface area (Å²) in [5.41, 5.74) is 7.04. The molecule has 21 heavy (non-hydrogen) atoms. The molecule has 6 heteroatoms. The van der Waals surface area contributed by atoms with Crippen molar-refractivity contribution in [2.24, 2.45) is 17.6 Å². The Bertz CT molecular complexity index is 665. The van der Waals surface area contributed by atoms with Gasteiger partial charge in [-0.2, -0.15) is 0 Å². The molecule has 112 valence electrons. The smallest absolute Gasteiger partial charge is 0.271 e. The van der Waals surface area contributed by atoms with E-state index in [1.54, 1.807) is 6.20 Å². The monoisotopic (exact) mass is 287 g/mol. The van der Waals surface area contributed by atoms with Gasteiger partial charge in [0.15, 0.2) is 11.3 Å². The summed E-state index contributed by atoms with van der Waals surface area (Å²) in [6.45, 7) is 4.48. The molecule has 3 rings (SSSR count). The first kappa shape index (κ1) is 13.9. The van der Waals surface area contributed by atoms with Crippen LogP contribution in [0.15, 0.2) is 12.3 Å². The number of carbonyl (C=O) groups excluding carboxylic acids is 1. The van der Waals surface area contributed by atoms with Crippen molar-refractivity contribution < 1.29 is 4.79 Å². The molecule has 1 aliphatic carbocycles. The van der Waals surface area contributed by atoms with Crippen LogP contribution in [0.2, 0.25) is 0 Å². The van der Waals surface area contributed by atoms with E-state index in [1.165, 1.54) is 12.8 Å². The van der Waals surface area contributed by atoms with Crippen LogP contribution in [-0.2, 0) is 0 Å². The molecule has 0 aromatic carbocycles. The minimum Gasteiger partial charge on any atom is -0.379 e. The Hall–Kier alpha value is -2.11. The molecule has 1 aliphatic rings. The van der Waals surface area contributed by atoms with Crippen LogP contribution >= 0.6 is 0 Å². The first-order valence-electron chi connectivity index (χ1n) is 7.50. The van der Waals surface area contributed by atoms with Crippen molar-refractivity contribution in [3.63, 3.8) is 0 Å². The fourth-order valence-electron chi connectivity index (χ4n) is 3.34. The Morgan fingerprint density at radius 1 is 1.48 bits per heavy atom. The molecule has 1 saturated carbocycles. The summed E-state index contributed by atoms with van der Waals surface area (Å²) >= 11 is 0. The number of hydrogen-bond donors (Lipinski definition) is 3. The third kappa shape index (κ3) is 2.46. The molecule has 1 fully saturated rings. The SMILES string of the molecule is CC[C@H]1C[C@@H](C)[C@H](Nc2c(C(N)=O)nnc3[nH]ccc23)C1. The van der Waals surface area contributed by atoms with E-state index < -0.39 is 5.91 Å². The second-order valence-corrected chi connectivity index (χ2v) is 6.00. The predicted molar refractivity (Wildman–Crippen MR) is 82.0 cm³/mol. The maximum atomic E-state index is 11.6. The molecule has 0 unspecified atom stereocenters. The Balaban J connectivity index is 1.97. The summed E-state index contributed by atoms with van der Waals surface area (Å²) < 4.78 is 0. The number of nitrogens with one attached hydrogen (secondary N) is 2. The number of aromatic nitrogens is 3. The number of carbonyl (C=O) groups is 1. The molecule has 2 heterocycles. The van der Waals surface area contributed by atoms with Crippen LogP contribution in [0.25, 0.3) is 11.0 Å². The molecule has 4 N–H and O–H groups in total. The normalized spacial score (nSPS) is 25.3. The van der Waals surface area contributed by atoms with Gasteiger partial charge in [-0.3, -0.25) is 4.79 Å². The standard InChI is InChI=1S/C15H21N5O/c1-3-9-6-8(2)11(7-9)18-12-10-4-5-17-15(10)20-19-13(12)14(16)21/h4-5,8-9,11H,3,6-7H2,1-2H3,(H2,16,21)(H2,17,18,20)/t8-,9+,11-/m1/s1. The molecule has 2 aromatic heterocycles. The zero-order chi connectivity index (χ0) is 15.0. The molecular weight excluding hydrogens is 266 g/mol. The highest BCUT2D eigenvalue weighted by Crippen LogP contribution is 2.36. The average Bonchev–Trinajstić information content (AvgIpc) is 3.06. The zero-order valence-electron chi connectivity index (χ0n) is 12.4. The Morgan fingerprint density at radius 2 is 2.29 bits per heavy atom. The number of nitrogens with zero attached hydrogens (tertiary/aromatic N) is 2. The van der Waals surface area contributed by atoms with Crippen LogP contribution in [0.1, 0.15) is 43.6 Å². The number of anilines is 1. The summed E-state index contributed by atoms with van der Waals surface area (Å²) in [6.07, 6.45) is 5.32. The summed E-state index contributed by atoms with van der Waals surface area (Å²) in [6, 6.07) is 2.24. The van der Waals surface area contributed by atoms with Gasteiger partial charge in [0.1, 0.15) is 0 Å². The zero-order valence-corrected chi connectivity index (χ0v) is 12.4. The second-order valence-electron chi connectivity index (χ2n) is 6.00. The third-order valence-electron chi connectivity index (χ3n) is 4.60. The number of primary amides is 1. The Morgan fingerprint density at radius 3 is 2.95 bits per heavy atom. The molecule has 1 amide bonds. The molecule has 3 atom stereocenters. The van der Waals surface area contributed by atoms with E-state index in [4.69, 9.17) is 5.73 Å². The van der Waals surface area contributed by atoms with Crippen molar-refractivity contribution in [2.45, 2.75) is 39.2 Å². The first-order chi connectivity index (χ1) is 10.1. The quantitative estimate of drug-likeness (QED) is 0.803. The number of rotatable bonds is 4. The maximum Gasteiger partial charge on any atom is 0.271 e. The van der Waals surface area contributed by atoms with Crippen LogP contribution < -0.4 is 11.1 Å². The third-order valence-corrected chi connectivity index (χ3v) is 4.60. The molecular formula is C15H21N5O. The minimum absolute atomic E-state index is 0.217. The molecule has 0 aliphatic heterocycles. The number of hydrogen-bond acceptors (Lipinski definition) is 4. The topological polar surface area (TPSA) is 96.7 Å². The van der Waals surface area contributed by atoms with Crippen molar-refractivity contribution in [1.29, 1.82) is 0 Å². The highest BCUT2D eigenvalue weighted by atomic mass is 16.1. The maximum absolute atomic E-state index is 11.6. The van der Waals surface area contributed by atoms with Gasteiger partial charge in [0.2, 0.25) is 0 Å². The van der Waals surface area contributed by atoms with E-state index in [9.17, 15) is 4.79 Å². The summed E-state index contributed by atoms with van der Waals surface area (Å²) in [5.74, 6) is 0.759. The van der Waals surface area contributed by atoms with Gasteiger partial charge in [-0.25, -0.2) is 0 Å². The lowest BCUT2D eigenvalue weighted by Gasteiger charge is -2.20. The van der Waals surface area contributed by atoms with Crippen LogP contribution in [0, 0.1) is 11.8 Å². The van der Waals surface area contributed by atoms with Crippen molar-refractivity contribution in [3.8, 4) is 0 Å². The van der Waals surface area contributed by atoms with E-state index in [0.717, 1.165) is 17.7 Å². The van der Waals surface area contributed by atoms with Gasteiger partial charge in [0.05, 0.1) is 5.69 Å².